The molecule has 1 unspecified atom stereocenters. The third-order valence-electron chi connectivity index (χ3n) is 2.47. The minimum atomic E-state index is -0.734. The normalized spacial score (nSPS) is 22.5. The molecule has 1 atom stereocenters. The van der Waals surface area contributed by atoms with Crippen LogP contribution in [0.3, 0.4) is 0 Å². The van der Waals surface area contributed by atoms with Crippen LogP contribution in [-0.2, 0) is 18.9 Å². The molecule has 1 aliphatic heterocycles. The molecule has 1 saturated heterocycles. The minimum absolute atomic E-state index is 0.188. The molecule has 1 rings (SSSR count). The molecule has 17 heavy (non-hydrogen) atoms. The van der Waals surface area contributed by atoms with Gasteiger partial charge in [0.05, 0.1) is 13.7 Å². The SMILES string of the molecule is C=CC1(CCCCOC(=O)OC)COC(=O)O1. The summed E-state index contributed by atoms with van der Waals surface area (Å²) in [6, 6.07) is 0. The lowest BCUT2D eigenvalue weighted by atomic mass is 9.98. The van der Waals surface area contributed by atoms with Crippen LogP contribution in [0, 0.1) is 0 Å². The Hall–Kier alpha value is -1.72. The van der Waals surface area contributed by atoms with Crippen molar-refractivity contribution in [1.82, 2.24) is 0 Å². The Labute approximate surface area is 99.5 Å². The van der Waals surface area contributed by atoms with E-state index in [1.165, 1.54) is 7.11 Å². The summed E-state index contributed by atoms with van der Waals surface area (Å²) in [5.74, 6) is 0. The minimum Gasteiger partial charge on any atom is -0.438 e. The predicted molar refractivity (Wildman–Crippen MR) is 57.6 cm³/mol. The van der Waals surface area contributed by atoms with E-state index < -0.39 is 17.9 Å². The molecule has 0 aromatic rings. The van der Waals surface area contributed by atoms with E-state index in [1.54, 1.807) is 6.08 Å². The number of rotatable bonds is 6. The van der Waals surface area contributed by atoms with Crippen LogP contribution in [-0.4, -0.2) is 38.2 Å². The summed E-state index contributed by atoms with van der Waals surface area (Å²) in [6.07, 6.45) is 2.17. The lowest BCUT2D eigenvalue weighted by Gasteiger charge is -2.19. The summed E-state index contributed by atoms with van der Waals surface area (Å²) < 4.78 is 18.8. The second-order valence-electron chi connectivity index (χ2n) is 3.67. The highest BCUT2D eigenvalue weighted by Gasteiger charge is 2.38. The number of hydrogen-bond donors (Lipinski definition) is 0. The quantitative estimate of drug-likeness (QED) is 0.404. The van der Waals surface area contributed by atoms with Gasteiger partial charge in [-0.25, -0.2) is 9.59 Å². The fraction of sp³-hybridized carbons (Fsp3) is 0.636. The Kier molecular flexibility index (Phi) is 4.81. The highest BCUT2D eigenvalue weighted by molar-refractivity contribution is 5.63. The van der Waals surface area contributed by atoms with Gasteiger partial charge in [0.2, 0.25) is 0 Å². The van der Waals surface area contributed by atoms with E-state index in [-0.39, 0.29) is 13.2 Å². The Morgan fingerprint density at radius 2 is 2.35 bits per heavy atom. The standard InChI is InChI=1S/C11H16O6/c1-3-11(8-16-10(13)17-11)6-4-5-7-15-9(12)14-2/h3H,1,4-8H2,2H3. The van der Waals surface area contributed by atoms with Crippen LogP contribution in [0.25, 0.3) is 0 Å². The van der Waals surface area contributed by atoms with Gasteiger partial charge in [0.1, 0.15) is 6.61 Å². The number of unbranched alkanes of at least 4 members (excludes halogenated alkanes) is 1. The topological polar surface area (TPSA) is 71.1 Å². The van der Waals surface area contributed by atoms with Crippen molar-refractivity contribution in [3.8, 4) is 0 Å². The molecule has 96 valence electrons. The van der Waals surface area contributed by atoms with Crippen LogP contribution in [0.2, 0.25) is 0 Å². The fourth-order valence-corrected chi connectivity index (χ4v) is 1.47. The molecule has 0 spiro atoms. The third kappa shape index (κ3) is 3.97. The number of methoxy groups -OCH3 is 1. The van der Waals surface area contributed by atoms with Crippen molar-refractivity contribution in [3.05, 3.63) is 12.7 Å². The first kappa shape index (κ1) is 13.3. The van der Waals surface area contributed by atoms with Crippen molar-refractivity contribution < 1.29 is 28.5 Å². The van der Waals surface area contributed by atoms with Gasteiger partial charge in [-0.2, -0.15) is 0 Å². The van der Waals surface area contributed by atoms with Gasteiger partial charge in [-0.15, -0.1) is 0 Å². The Morgan fingerprint density at radius 3 is 2.88 bits per heavy atom. The zero-order valence-electron chi connectivity index (χ0n) is 9.77. The van der Waals surface area contributed by atoms with E-state index in [2.05, 4.69) is 11.3 Å². The molecule has 1 heterocycles. The highest BCUT2D eigenvalue weighted by atomic mass is 16.8. The zero-order valence-corrected chi connectivity index (χ0v) is 9.77. The molecular formula is C11H16O6. The van der Waals surface area contributed by atoms with Crippen molar-refractivity contribution >= 4 is 12.3 Å². The second-order valence-corrected chi connectivity index (χ2v) is 3.67. The molecule has 0 aromatic heterocycles. The van der Waals surface area contributed by atoms with Crippen LogP contribution in [0.1, 0.15) is 19.3 Å². The molecule has 0 radical (unpaired) electrons. The van der Waals surface area contributed by atoms with Gasteiger partial charge in [-0.3, -0.25) is 0 Å². The fourth-order valence-electron chi connectivity index (χ4n) is 1.47. The average molecular weight is 244 g/mol. The van der Waals surface area contributed by atoms with Crippen LogP contribution in [0.4, 0.5) is 9.59 Å². The number of carbonyl (C=O) groups excluding carboxylic acids is 2. The van der Waals surface area contributed by atoms with Crippen molar-refractivity contribution in [2.75, 3.05) is 20.3 Å². The van der Waals surface area contributed by atoms with Gasteiger partial charge in [-0.05, 0) is 25.3 Å². The lowest BCUT2D eigenvalue weighted by Crippen LogP contribution is -2.28. The summed E-state index contributed by atoms with van der Waals surface area (Å²) in [5, 5.41) is 0. The highest BCUT2D eigenvalue weighted by Crippen LogP contribution is 2.27. The molecule has 1 aliphatic rings. The largest absolute Gasteiger partial charge is 0.509 e. The molecule has 6 nitrogen and oxygen atoms in total. The molecular weight excluding hydrogens is 228 g/mol. The molecule has 6 heteroatoms. The van der Waals surface area contributed by atoms with Crippen LogP contribution >= 0.6 is 0 Å². The van der Waals surface area contributed by atoms with E-state index in [0.717, 1.165) is 6.42 Å². The van der Waals surface area contributed by atoms with Crippen molar-refractivity contribution in [3.63, 3.8) is 0 Å². The van der Waals surface area contributed by atoms with E-state index in [1.807, 2.05) is 0 Å². The first-order valence-electron chi connectivity index (χ1n) is 5.32. The molecule has 0 amide bonds. The number of carbonyl (C=O) groups is 2. The van der Waals surface area contributed by atoms with Gasteiger partial charge in [0, 0.05) is 0 Å². The second kappa shape index (κ2) is 6.12. The first-order valence-corrected chi connectivity index (χ1v) is 5.32. The van der Waals surface area contributed by atoms with E-state index in [9.17, 15) is 9.59 Å². The van der Waals surface area contributed by atoms with Crippen molar-refractivity contribution in [1.29, 1.82) is 0 Å². The summed E-state index contributed by atoms with van der Waals surface area (Å²) in [6.45, 7) is 4.09. The molecule has 0 saturated carbocycles. The van der Waals surface area contributed by atoms with Gasteiger partial charge >= 0.3 is 12.3 Å². The van der Waals surface area contributed by atoms with Crippen LogP contribution in [0.5, 0.6) is 0 Å². The van der Waals surface area contributed by atoms with Gasteiger partial charge in [0.15, 0.2) is 5.60 Å². The molecule has 0 N–H and O–H groups in total. The molecule has 1 fully saturated rings. The number of ether oxygens (including phenoxy) is 4. The Balaban J connectivity index is 2.19. The maximum absolute atomic E-state index is 10.9. The van der Waals surface area contributed by atoms with Crippen LogP contribution < -0.4 is 0 Å². The molecule has 0 bridgehead atoms. The molecule has 0 aliphatic carbocycles. The van der Waals surface area contributed by atoms with Gasteiger partial charge in [0.25, 0.3) is 0 Å². The van der Waals surface area contributed by atoms with E-state index in [4.69, 9.17) is 14.2 Å². The summed E-state index contributed by atoms with van der Waals surface area (Å²) in [7, 11) is 1.25. The van der Waals surface area contributed by atoms with E-state index >= 15 is 0 Å². The number of cyclic esters (lactones) is 2. The van der Waals surface area contributed by atoms with E-state index in [0.29, 0.717) is 12.8 Å². The Bertz CT molecular complexity index is 300. The maximum Gasteiger partial charge on any atom is 0.509 e. The molecule has 0 aromatic carbocycles. The first-order chi connectivity index (χ1) is 8.12. The smallest absolute Gasteiger partial charge is 0.438 e. The monoisotopic (exact) mass is 244 g/mol. The third-order valence-corrected chi connectivity index (χ3v) is 2.47. The summed E-state index contributed by atoms with van der Waals surface area (Å²) in [4.78, 5) is 21.5. The van der Waals surface area contributed by atoms with Gasteiger partial charge < -0.3 is 18.9 Å². The Morgan fingerprint density at radius 1 is 1.59 bits per heavy atom. The van der Waals surface area contributed by atoms with Crippen LogP contribution in [0.15, 0.2) is 12.7 Å². The summed E-state index contributed by atoms with van der Waals surface area (Å²) >= 11 is 0. The average Bonchev–Trinajstić information content (AvgIpc) is 2.71. The van der Waals surface area contributed by atoms with Crippen molar-refractivity contribution in [2.45, 2.75) is 24.9 Å². The maximum atomic E-state index is 10.9. The predicted octanol–water partition coefficient (Wildman–Crippen LogP) is 2.03. The lowest BCUT2D eigenvalue weighted by molar-refractivity contribution is 0.0662. The number of hydrogen-bond acceptors (Lipinski definition) is 6. The summed E-state index contributed by atoms with van der Waals surface area (Å²) in [5.41, 5.74) is -0.734. The van der Waals surface area contributed by atoms with Gasteiger partial charge in [-0.1, -0.05) is 6.58 Å². The van der Waals surface area contributed by atoms with Crippen molar-refractivity contribution in [2.24, 2.45) is 0 Å². The zero-order chi connectivity index (χ0) is 12.7.